The average Bonchev–Trinajstić information content (AvgIpc) is 2.73. The summed E-state index contributed by atoms with van der Waals surface area (Å²) in [7, 11) is 0. The molecular formula is C23H29BrN2O4. The van der Waals surface area contributed by atoms with E-state index in [0.717, 1.165) is 23.1 Å². The van der Waals surface area contributed by atoms with E-state index in [9.17, 15) is 9.59 Å². The fourth-order valence-electron chi connectivity index (χ4n) is 2.71. The highest BCUT2D eigenvalue weighted by atomic mass is 79.9. The predicted octanol–water partition coefficient (Wildman–Crippen LogP) is 5.27. The first-order valence-electron chi connectivity index (χ1n) is 10.2. The number of benzene rings is 2. The van der Waals surface area contributed by atoms with Crippen molar-refractivity contribution in [3.63, 3.8) is 0 Å². The normalized spacial score (nSPS) is 10.6. The summed E-state index contributed by atoms with van der Waals surface area (Å²) in [5.41, 5.74) is 5.61. The molecule has 30 heavy (non-hydrogen) atoms. The molecule has 2 rings (SSSR count). The molecule has 0 saturated carbocycles. The van der Waals surface area contributed by atoms with Crippen LogP contribution < -0.4 is 20.3 Å². The Hall–Kier alpha value is -2.54. The Morgan fingerprint density at radius 2 is 1.67 bits per heavy atom. The van der Waals surface area contributed by atoms with Crippen molar-refractivity contribution in [2.24, 2.45) is 0 Å². The van der Waals surface area contributed by atoms with Gasteiger partial charge in [-0.05, 0) is 62.7 Å². The SMILES string of the molecule is CCCCCCOc1ccc(C(=O)NNC(=O)c2cc(Br)ccc2OC(C)C)cc1. The molecule has 162 valence electrons. The van der Waals surface area contributed by atoms with Crippen LogP contribution in [0.2, 0.25) is 0 Å². The highest BCUT2D eigenvalue weighted by molar-refractivity contribution is 9.10. The van der Waals surface area contributed by atoms with Gasteiger partial charge in [-0.15, -0.1) is 0 Å². The summed E-state index contributed by atoms with van der Waals surface area (Å²) in [6, 6.07) is 12.0. The number of nitrogens with one attached hydrogen (secondary N) is 2. The van der Waals surface area contributed by atoms with Gasteiger partial charge in [0.2, 0.25) is 0 Å². The Kier molecular flexibility index (Phi) is 9.67. The van der Waals surface area contributed by atoms with Gasteiger partial charge in [0.25, 0.3) is 11.8 Å². The number of unbranched alkanes of at least 4 members (excludes halogenated alkanes) is 3. The third-order valence-electron chi connectivity index (χ3n) is 4.22. The Morgan fingerprint density at radius 1 is 0.967 bits per heavy atom. The molecule has 2 aromatic carbocycles. The van der Waals surface area contributed by atoms with Crippen molar-refractivity contribution in [2.45, 2.75) is 52.6 Å². The van der Waals surface area contributed by atoms with Gasteiger partial charge in [-0.1, -0.05) is 42.1 Å². The van der Waals surface area contributed by atoms with Crippen molar-refractivity contribution in [3.05, 3.63) is 58.1 Å². The van der Waals surface area contributed by atoms with Crippen LogP contribution in [-0.2, 0) is 0 Å². The summed E-state index contributed by atoms with van der Waals surface area (Å²) in [4.78, 5) is 24.9. The van der Waals surface area contributed by atoms with E-state index in [0.29, 0.717) is 23.5 Å². The molecule has 0 spiro atoms. The van der Waals surface area contributed by atoms with Crippen molar-refractivity contribution in [3.8, 4) is 11.5 Å². The van der Waals surface area contributed by atoms with Gasteiger partial charge in [0.15, 0.2) is 0 Å². The van der Waals surface area contributed by atoms with Crippen LogP contribution >= 0.6 is 15.9 Å². The largest absolute Gasteiger partial charge is 0.494 e. The van der Waals surface area contributed by atoms with Crippen molar-refractivity contribution in [1.29, 1.82) is 0 Å². The molecule has 0 aliphatic heterocycles. The molecule has 0 heterocycles. The van der Waals surface area contributed by atoms with Crippen LogP contribution in [-0.4, -0.2) is 24.5 Å². The molecule has 2 amide bonds. The summed E-state index contributed by atoms with van der Waals surface area (Å²) in [5.74, 6) is 0.281. The maximum Gasteiger partial charge on any atom is 0.273 e. The lowest BCUT2D eigenvalue weighted by molar-refractivity contribution is 0.0843. The molecule has 0 fully saturated rings. The number of rotatable bonds is 10. The third-order valence-corrected chi connectivity index (χ3v) is 4.71. The fourth-order valence-corrected chi connectivity index (χ4v) is 3.07. The van der Waals surface area contributed by atoms with Gasteiger partial charge in [0.1, 0.15) is 11.5 Å². The average molecular weight is 477 g/mol. The molecule has 0 aromatic heterocycles. The Labute approximate surface area is 186 Å². The van der Waals surface area contributed by atoms with Crippen LogP contribution in [0.15, 0.2) is 46.9 Å². The standard InChI is InChI=1S/C23H29BrN2O4/c1-4-5-6-7-14-29-19-11-8-17(9-12-19)22(27)25-26-23(28)20-15-18(24)10-13-21(20)30-16(2)3/h8-13,15-16H,4-7,14H2,1-3H3,(H,25,27)(H,26,28). The lowest BCUT2D eigenvalue weighted by Crippen LogP contribution is -2.41. The highest BCUT2D eigenvalue weighted by Gasteiger charge is 2.15. The first kappa shape index (κ1) is 23.7. The van der Waals surface area contributed by atoms with E-state index in [-0.39, 0.29) is 6.10 Å². The Balaban J connectivity index is 1.89. The first-order chi connectivity index (χ1) is 14.4. The minimum Gasteiger partial charge on any atom is -0.494 e. The van der Waals surface area contributed by atoms with Crippen molar-refractivity contribution >= 4 is 27.7 Å². The zero-order valence-electron chi connectivity index (χ0n) is 17.7. The first-order valence-corrected chi connectivity index (χ1v) is 11.0. The Bertz CT molecular complexity index is 838. The molecule has 0 radical (unpaired) electrons. The lowest BCUT2D eigenvalue weighted by Gasteiger charge is -2.15. The van der Waals surface area contributed by atoms with Gasteiger partial charge >= 0.3 is 0 Å². The van der Waals surface area contributed by atoms with Crippen molar-refractivity contribution in [2.75, 3.05) is 6.61 Å². The van der Waals surface area contributed by atoms with Gasteiger partial charge in [-0.3, -0.25) is 20.4 Å². The predicted molar refractivity (Wildman–Crippen MR) is 121 cm³/mol. The number of ether oxygens (including phenoxy) is 2. The summed E-state index contributed by atoms with van der Waals surface area (Å²) < 4.78 is 12.1. The molecule has 0 atom stereocenters. The zero-order chi connectivity index (χ0) is 21.9. The maximum absolute atomic E-state index is 12.5. The van der Waals surface area contributed by atoms with E-state index < -0.39 is 11.8 Å². The van der Waals surface area contributed by atoms with Crippen LogP contribution in [0.1, 0.15) is 67.2 Å². The van der Waals surface area contributed by atoms with Crippen LogP contribution in [0.4, 0.5) is 0 Å². The van der Waals surface area contributed by atoms with Crippen LogP contribution in [0.25, 0.3) is 0 Å². The topological polar surface area (TPSA) is 76.7 Å². The van der Waals surface area contributed by atoms with E-state index in [4.69, 9.17) is 9.47 Å². The van der Waals surface area contributed by atoms with Crippen LogP contribution in [0.3, 0.4) is 0 Å². The Morgan fingerprint density at radius 3 is 2.33 bits per heavy atom. The number of hydrogen-bond donors (Lipinski definition) is 2. The minimum atomic E-state index is -0.465. The summed E-state index contributed by atoms with van der Waals surface area (Å²) >= 11 is 3.35. The van der Waals surface area contributed by atoms with E-state index in [1.165, 1.54) is 12.8 Å². The van der Waals surface area contributed by atoms with Crippen LogP contribution in [0, 0.1) is 0 Å². The smallest absolute Gasteiger partial charge is 0.273 e. The van der Waals surface area contributed by atoms with E-state index >= 15 is 0 Å². The van der Waals surface area contributed by atoms with Gasteiger partial charge < -0.3 is 9.47 Å². The quantitative estimate of drug-likeness (QED) is 0.361. The third kappa shape index (κ3) is 7.71. The van der Waals surface area contributed by atoms with Gasteiger partial charge in [-0.25, -0.2) is 0 Å². The van der Waals surface area contributed by atoms with E-state index in [1.807, 2.05) is 13.8 Å². The summed E-state index contributed by atoms with van der Waals surface area (Å²) in [5, 5.41) is 0. The highest BCUT2D eigenvalue weighted by Crippen LogP contribution is 2.24. The van der Waals surface area contributed by atoms with Crippen molar-refractivity contribution < 1.29 is 19.1 Å². The molecule has 2 aromatic rings. The summed E-state index contributed by atoms with van der Waals surface area (Å²) in [6.45, 7) is 6.59. The number of halogens is 1. The fraction of sp³-hybridized carbons (Fsp3) is 0.391. The summed E-state index contributed by atoms with van der Waals surface area (Å²) in [6.07, 6.45) is 4.48. The minimum absolute atomic E-state index is 0.0836. The maximum atomic E-state index is 12.5. The molecular weight excluding hydrogens is 448 g/mol. The number of hydrogen-bond acceptors (Lipinski definition) is 4. The van der Waals surface area contributed by atoms with Gasteiger partial charge in [0, 0.05) is 10.0 Å². The van der Waals surface area contributed by atoms with E-state index in [2.05, 4.69) is 33.7 Å². The van der Waals surface area contributed by atoms with Crippen LogP contribution in [0.5, 0.6) is 11.5 Å². The molecule has 2 N–H and O–H groups in total. The van der Waals surface area contributed by atoms with Gasteiger partial charge in [0.05, 0.1) is 18.3 Å². The second kappa shape index (κ2) is 12.2. The molecule has 0 aliphatic rings. The lowest BCUT2D eigenvalue weighted by atomic mass is 10.2. The zero-order valence-corrected chi connectivity index (χ0v) is 19.3. The number of carbonyl (C=O) groups excluding carboxylic acids is 2. The molecule has 0 bridgehead atoms. The molecule has 0 aliphatic carbocycles. The van der Waals surface area contributed by atoms with Gasteiger partial charge in [-0.2, -0.15) is 0 Å². The second-order valence-electron chi connectivity index (χ2n) is 7.15. The molecule has 0 saturated heterocycles. The molecule has 0 unspecified atom stereocenters. The van der Waals surface area contributed by atoms with E-state index in [1.54, 1.807) is 42.5 Å². The number of hydrazine groups is 1. The molecule has 7 heteroatoms. The number of amides is 2. The number of carbonyl (C=O) groups is 2. The molecule has 6 nitrogen and oxygen atoms in total. The second-order valence-corrected chi connectivity index (χ2v) is 8.06. The van der Waals surface area contributed by atoms with Crippen molar-refractivity contribution in [1.82, 2.24) is 10.9 Å². The monoisotopic (exact) mass is 476 g/mol.